The molecule has 0 N–H and O–H groups in total. The lowest BCUT2D eigenvalue weighted by Gasteiger charge is -2.21. The van der Waals surface area contributed by atoms with E-state index < -0.39 is 0 Å². The average Bonchev–Trinajstić information content (AvgIpc) is 2.29. The topological polar surface area (TPSA) is 17.1 Å². The number of hydrogen-bond donors (Lipinski definition) is 0. The minimum absolute atomic E-state index is 0.365. The van der Waals surface area contributed by atoms with Crippen LogP contribution in [-0.4, -0.2) is 5.78 Å². The Kier molecular flexibility index (Phi) is 4.62. The number of ketones is 1. The fourth-order valence-electron chi connectivity index (χ4n) is 3.04. The van der Waals surface area contributed by atoms with Crippen LogP contribution in [0, 0.1) is 5.92 Å². The molecule has 0 aromatic heterocycles. The highest BCUT2D eigenvalue weighted by Gasteiger charge is 2.22. The minimum atomic E-state index is 0.365. The molecule has 1 saturated carbocycles. The van der Waals surface area contributed by atoms with Crippen molar-refractivity contribution in [2.24, 2.45) is 5.92 Å². The largest absolute Gasteiger partial charge is 0.294 e. The molecule has 2 rings (SSSR count). The number of Topliss-reactive ketones (excluding diaryl/α,β-unsaturated/α-hetero) is 1. The third-order valence-corrected chi connectivity index (χ3v) is 4.08. The van der Waals surface area contributed by atoms with Crippen LogP contribution < -0.4 is 0 Å². The smallest absolute Gasteiger partial charge is 0.161 e. The first-order chi connectivity index (χ1) is 7.88. The van der Waals surface area contributed by atoms with Gasteiger partial charge in [-0.3, -0.25) is 4.79 Å². The summed E-state index contributed by atoms with van der Waals surface area (Å²) >= 11 is 0. The normalized spacial score (nSPS) is 24.4. The Balaban J connectivity index is 1.93. The van der Waals surface area contributed by atoms with E-state index in [9.17, 15) is 4.79 Å². The zero-order chi connectivity index (χ0) is 11.2. The van der Waals surface area contributed by atoms with Crippen molar-refractivity contribution >= 4 is 5.78 Å². The maximum absolute atomic E-state index is 12.3. The van der Waals surface area contributed by atoms with Gasteiger partial charge in [0.15, 0.2) is 5.78 Å². The molecule has 1 fully saturated rings. The highest BCUT2D eigenvalue weighted by Crippen LogP contribution is 2.28. The predicted octanol–water partition coefficient (Wildman–Crippen LogP) is 4.42. The Hall–Kier alpha value is -0.590. The van der Waals surface area contributed by atoms with Gasteiger partial charge in [-0.2, -0.15) is 0 Å². The summed E-state index contributed by atoms with van der Waals surface area (Å²) in [5.41, 5.74) is 1.16. The lowest BCUT2D eigenvalue weighted by molar-refractivity contribution is -0.120. The number of rotatable bonds is 2. The second-order valence-corrected chi connectivity index (χ2v) is 5.38. The molecule has 0 spiro atoms. The summed E-state index contributed by atoms with van der Waals surface area (Å²) in [6.07, 6.45) is 15.8. The third kappa shape index (κ3) is 3.20. The maximum atomic E-state index is 12.3. The quantitative estimate of drug-likeness (QED) is 0.673. The number of allylic oxidation sites excluding steroid dienone is 2. The summed E-state index contributed by atoms with van der Waals surface area (Å²) in [4.78, 5) is 12.3. The van der Waals surface area contributed by atoms with Crippen LogP contribution in [0.15, 0.2) is 11.6 Å². The Morgan fingerprint density at radius 2 is 1.62 bits per heavy atom. The summed E-state index contributed by atoms with van der Waals surface area (Å²) in [5.74, 6) is 0.867. The highest BCUT2D eigenvalue weighted by atomic mass is 16.1. The number of hydrogen-bond acceptors (Lipinski definition) is 1. The van der Waals surface area contributed by atoms with Crippen molar-refractivity contribution < 1.29 is 4.79 Å². The Morgan fingerprint density at radius 1 is 0.938 bits per heavy atom. The third-order valence-electron chi connectivity index (χ3n) is 4.08. The van der Waals surface area contributed by atoms with E-state index in [1.165, 1.54) is 44.9 Å². The van der Waals surface area contributed by atoms with Gasteiger partial charge in [-0.15, -0.1) is 0 Å². The van der Waals surface area contributed by atoms with Crippen LogP contribution in [0.3, 0.4) is 0 Å². The van der Waals surface area contributed by atoms with E-state index in [-0.39, 0.29) is 0 Å². The molecule has 2 aliphatic carbocycles. The Labute approximate surface area is 99.3 Å². The second kappa shape index (κ2) is 6.22. The highest BCUT2D eigenvalue weighted by molar-refractivity contribution is 5.97. The van der Waals surface area contributed by atoms with Gasteiger partial charge in [-0.1, -0.05) is 38.2 Å². The molecule has 0 amide bonds. The van der Waals surface area contributed by atoms with Crippen molar-refractivity contribution in [1.82, 2.24) is 0 Å². The molecule has 0 aromatic carbocycles. The van der Waals surface area contributed by atoms with Crippen molar-refractivity contribution in [3.63, 3.8) is 0 Å². The SMILES string of the molecule is O=C(C1=CCCCC1)C1CCCCCCC1. The molecule has 90 valence electrons. The summed E-state index contributed by atoms with van der Waals surface area (Å²) < 4.78 is 0. The van der Waals surface area contributed by atoms with Gasteiger partial charge in [0, 0.05) is 5.92 Å². The van der Waals surface area contributed by atoms with Crippen molar-refractivity contribution in [2.45, 2.75) is 70.6 Å². The predicted molar refractivity (Wildman–Crippen MR) is 67.4 cm³/mol. The monoisotopic (exact) mass is 220 g/mol. The lowest BCUT2D eigenvalue weighted by Crippen LogP contribution is -2.19. The molecule has 0 atom stereocenters. The van der Waals surface area contributed by atoms with Crippen molar-refractivity contribution in [3.8, 4) is 0 Å². The zero-order valence-electron chi connectivity index (χ0n) is 10.3. The standard InChI is InChI=1S/C15H24O/c16-15(14-11-7-4-8-12-14)13-9-5-2-1-3-6-10-13/h11,13H,1-10,12H2. The van der Waals surface area contributed by atoms with E-state index in [1.807, 2.05) is 0 Å². The number of carbonyl (C=O) groups excluding carboxylic acids is 1. The molecule has 0 bridgehead atoms. The molecule has 0 saturated heterocycles. The molecule has 0 radical (unpaired) electrons. The molecule has 1 heteroatoms. The van der Waals surface area contributed by atoms with E-state index in [0.717, 1.165) is 31.3 Å². The molecular formula is C15H24O. The maximum Gasteiger partial charge on any atom is 0.161 e. The zero-order valence-corrected chi connectivity index (χ0v) is 10.3. The van der Waals surface area contributed by atoms with E-state index in [0.29, 0.717) is 11.7 Å². The first-order valence-corrected chi connectivity index (χ1v) is 7.11. The van der Waals surface area contributed by atoms with Gasteiger partial charge < -0.3 is 0 Å². The van der Waals surface area contributed by atoms with Crippen LogP contribution in [0.2, 0.25) is 0 Å². The summed E-state index contributed by atoms with van der Waals surface area (Å²) in [6.45, 7) is 0. The molecular weight excluding hydrogens is 196 g/mol. The minimum Gasteiger partial charge on any atom is -0.294 e. The van der Waals surface area contributed by atoms with Crippen molar-refractivity contribution in [3.05, 3.63) is 11.6 Å². The second-order valence-electron chi connectivity index (χ2n) is 5.38. The molecule has 2 aliphatic rings. The van der Waals surface area contributed by atoms with Gasteiger partial charge >= 0.3 is 0 Å². The van der Waals surface area contributed by atoms with Gasteiger partial charge in [0.25, 0.3) is 0 Å². The van der Waals surface area contributed by atoms with Gasteiger partial charge in [0.1, 0.15) is 0 Å². The van der Waals surface area contributed by atoms with Gasteiger partial charge in [0.2, 0.25) is 0 Å². The van der Waals surface area contributed by atoms with E-state index in [1.54, 1.807) is 0 Å². The van der Waals surface area contributed by atoms with Crippen molar-refractivity contribution in [2.75, 3.05) is 0 Å². The van der Waals surface area contributed by atoms with Crippen LogP contribution in [-0.2, 0) is 4.79 Å². The Morgan fingerprint density at radius 3 is 2.25 bits per heavy atom. The molecule has 16 heavy (non-hydrogen) atoms. The molecule has 0 heterocycles. The lowest BCUT2D eigenvalue weighted by atomic mass is 9.83. The van der Waals surface area contributed by atoms with Gasteiger partial charge in [0.05, 0.1) is 0 Å². The van der Waals surface area contributed by atoms with Crippen LogP contribution in [0.5, 0.6) is 0 Å². The summed E-state index contributed by atoms with van der Waals surface area (Å²) in [7, 11) is 0. The van der Waals surface area contributed by atoms with Crippen molar-refractivity contribution in [1.29, 1.82) is 0 Å². The summed E-state index contributed by atoms with van der Waals surface area (Å²) in [6, 6.07) is 0. The molecule has 0 aromatic rings. The Bertz CT molecular complexity index is 257. The van der Waals surface area contributed by atoms with Gasteiger partial charge in [-0.05, 0) is 44.1 Å². The van der Waals surface area contributed by atoms with Crippen LogP contribution in [0.25, 0.3) is 0 Å². The fraction of sp³-hybridized carbons (Fsp3) is 0.800. The first-order valence-electron chi connectivity index (χ1n) is 7.11. The molecule has 0 unspecified atom stereocenters. The van der Waals surface area contributed by atoms with Crippen LogP contribution in [0.1, 0.15) is 70.6 Å². The molecule has 0 aliphatic heterocycles. The van der Waals surface area contributed by atoms with Gasteiger partial charge in [-0.25, -0.2) is 0 Å². The molecule has 1 nitrogen and oxygen atoms in total. The summed E-state index contributed by atoms with van der Waals surface area (Å²) in [5, 5.41) is 0. The van der Waals surface area contributed by atoms with Crippen LogP contribution in [0.4, 0.5) is 0 Å². The van der Waals surface area contributed by atoms with E-state index in [2.05, 4.69) is 6.08 Å². The van der Waals surface area contributed by atoms with E-state index >= 15 is 0 Å². The number of carbonyl (C=O) groups is 1. The average molecular weight is 220 g/mol. The van der Waals surface area contributed by atoms with E-state index in [4.69, 9.17) is 0 Å². The first kappa shape index (κ1) is 11.9. The fourth-order valence-corrected chi connectivity index (χ4v) is 3.04. The van der Waals surface area contributed by atoms with Crippen LogP contribution >= 0.6 is 0 Å².